The van der Waals surface area contributed by atoms with Gasteiger partial charge >= 0.3 is 0 Å². The molecule has 0 radical (unpaired) electrons. The van der Waals surface area contributed by atoms with Crippen molar-refractivity contribution in [3.8, 4) is 0 Å². The Balaban J connectivity index is 4.06. The molecule has 0 aromatic carbocycles. The molecule has 0 fully saturated rings. The third-order valence-corrected chi connectivity index (χ3v) is 3.40. The highest BCUT2D eigenvalue weighted by Gasteiger charge is 2.17. The van der Waals surface area contributed by atoms with E-state index < -0.39 is 0 Å². The molecule has 0 amide bonds. The highest BCUT2D eigenvalue weighted by molar-refractivity contribution is 4.76. The van der Waals surface area contributed by atoms with E-state index in [1.54, 1.807) is 0 Å². The van der Waals surface area contributed by atoms with Gasteiger partial charge in [-0.3, -0.25) is 0 Å². The van der Waals surface area contributed by atoms with Gasteiger partial charge in [-0.2, -0.15) is 0 Å². The van der Waals surface area contributed by atoms with Crippen molar-refractivity contribution in [3.63, 3.8) is 0 Å². The van der Waals surface area contributed by atoms with E-state index >= 15 is 0 Å². The molecule has 2 nitrogen and oxygen atoms in total. The summed E-state index contributed by atoms with van der Waals surface area (Å²) in [5, 5.41) is 3.66. The van der Waals surface area contributed by atoms with Crippen LogP contribution in [0.2, 0.25) is 0 Å². The molecule has 2 atom stereocenters. The molecule has 0 rings (SSSR count). The minimum absolute atomic E-state index is 0.629. The van der Waals surface area contributed by atoms with E-state index in [0.717, 1.165) is 6.54 Å². The smallest absolute Gasteiger partial charge is 0.0217 e. The Morgan fingerprint density at radius 3 is 2.12 bits per heavy atom. The minimum atomic E-state index is 0.629. The SMILES string of the molecule is CCCNC(CN(C)C(C)CCC)C(C)C. The number of nitrogens with zero attached hydrogens (tertiary/aromatic N) is 1. The van der Waals surface area contributed by atoms with Crippen LogP contribution in [0, 0.1) is 5.92 Å². The predicted molar refractivity (Wildman–Crippen MR) is 73.9 cm³/mol. The standard InChI is InChI=1S/C14H32N2/c1-7-9-13(5)16(6)11-14(12(3)4)15-10-8-2/h12-15H,7-11H2,1-6H3. The molecule has 2 unspecified atom stereocenters. The second-order valence-corrected chi connectivity index (χ2v) is 5.38. The van der Waals surface area contributed by atoms with Gasteiger partial charge in [0.25, 0.3) is 0 Å². The fourth-order valence-corrected chi connectivity index (χ4v) is 1.97. The largest absolute Gasteiger partial charge is 0.312 e. The van der Waals surface area contributed by atoms with E-state index in [2.05, 4.69) is 51.9 Å². The summed E-state index contributed by atoms with van der Waals surface area (Å²) in [7, 11) is 2.25. The number of hydrogen-bond acceptors (Lipinski definition) is 2. The predicted octanol–water partition coefficient (Wildman–Crippen LogP) is 3.13. The Hall–Kier alpha value is -0.0800. The van der Waals surface area contributed by atoms with Crippen molar-refractivity contribution < 1.29 is 0 Å². The van der Waals surface area contributed by atoms with Crippen molar-refractivity contribution >= 4 is 0 Å². The molecule has 0 saturated heterocycles. The quantitative estimate of drug-likeness (QED) is 0.652. The average Bonchev–Trinajstić information content (AvgIpc) is 2.23. The lowest BCUT2D eigenvalue weighted by Crippen LogP contribution is -2.45. The Labute approximate surface area is 103 Å². The lowest BCUT2D eigenvalue weighted by Gasteiger charge is -2.31. The molecule has 0 aliphatic rings. The minimum Gasteiger partial charge on any atom is -0.312 e. The van der Waals surface area contributed by atoms with Crippen LogP contribution in [0.25, 0.3) is 0 Å². The molecule has 0 spiro atoms. The maximum absolute atomic E-state index is 3.66. The van der Waals surface area contributed by atoms with Crippen LogP contribution < -0.4 is 5.32 Å². The van der Waals surface area contributed by atoms with E-state index in [1.807, 2.05) is 0 Å². The Morgan fingerprint density at radius 2 is 1.69 bits per heavy atom. The van der Waals surface area contributed by atoms with Gasteiger partial charge in [0, 0.05) is 18.6 Å². The molecular formula is C14H32N2. The first-order chi connectivity index (χ1) is 7.52. The summed E-state index contributed by atoms with van der Waals surface area (Å²) >= 11 is 0. The Kier molecular flexibility index (Phi) is 8.96. The molecule has 0 aliphatic carbocycles. The zero-order valence-corrected chi connectivity index (χ0v) is 12.2. The van der Waals surface area contributed by atoms with Crippen LogP contribution in [0.5, 0.6) is 0 Å². The van der Waals surface area contributed by atoms with Gasteiger partial charge in [0.2, 0.25) is 0 Å². The third-order valence-electron chi connectivity index (χ3n) is 3.40. The van der Waals surface area contributed by atoms with Crippen molar-refractivity contribution in [2.24, 2.45) is 5.92 Å². The second kappa shape index (κ2) is 9.00. The van der Waals surface area contributed by atoms with Crippen molar-refractivity contribution in [3.05, 3.63) is 0 Å². The molecule has 0 aromatic rings. The zero-order valence-electron chi connectivity index (χ0n) is 12.2. The van der Waals surface area contributed by atoms with Crippen molar-refractivity contribution in [2.75, 3.05) is 20.1 Å². The molecule has 0 aliphatic heterocycles. The van der Waals surface area contributed by atoms with Gasteiger partial charge in [0.05, 0.1) is 0 Å². The fraction of sp³-hybridized carbons (Fsp3) is 1.00. The third kappa shape index (κ3) is 6.49. The van der Waals surface area contributed by atoms with E-state index in [4.69, 9.17) is 0 Å². The molecule has 0 aromatic heterocycles. The highest BCUT2D eigenvalue weighted by Crippen LogP contribution is 2.09. The van der Waals surface area contributed by atoms with Gasteiger partial charge < -0.3 is 10.2 Å². The molecule has 0 bridgehead atoms. The summed E-state index contributed by atoms with van der Waals surface area (Å²) in [4.78, 5) is 2.50. The van der Waals surface area contributed by atoms with Gasteiger partial charge in [0.1, 0.15) is 0 Å². The lowest BCUT2D eigenvalue weighted by atomic mass is 10.0. The molecule has 0 saturated carbocycles. The van der Waals surface area contributed by atoms with E-state index in [-0.39, 0.29) is 0 Å². The summed E-state index contributed by atoms with van der Waals surface area (Å²) in [5.41, 5.74) is 0. The van der Waals surface area contributed by atoms with Crippen LogP contribution in [-0.2, 0) is 0 Å². The second-order valence-electron chi connectivity index (χ2n) is 5.38. The Morgan fingerprint density at radius 1 is 1.06 bits per heavy atom. The van der Waals surface area contributed by atoms with E-state index in [9.17, 15) is 0 Å². The monoisotopic (exact) mass is 228 g/mol. The van der Waals surface area contributed by atoms with E-state index in [1.165, 1.54) is 25.8 Å². The van der Waals surface area contributed by atoms with Crippen LogP contribution in [-0.4, -0.2) is 37.1 Å². The van der Waals surface area contributed by atoms with Crippen LogP contribution in [0.15, 0.2) is 0 Å². The summed E-state index contributed by atoms with van der Waals surface area (Å²) in [6.07, 6.45) is 3.80. The maximum Gasteiger partial charge on any atom is 0.0217 e. The normalized spacial score (nSPS) is 15.8. The molecule has 2 heteroatoms. The Bertz CT molecular complexity index is 157. The van der Waals surface area contributed by atoms with Crippen LogP contribution in [0.4, 0.5) is 0 Å². The fourth-order valence-electron chi connectivity index (χ4n) is 1.97. The maximum atomic E-state index is 3.66. The lowest BCUT2D eigenvalue weighted by molar-refractivity contribution is 0.198. The van der Waals surface area contributed by atoms with Crippen LogP contribution in [0.1, 0.15) is 53.9 Å². The first kappa shape index (κ1) is 15.9. The van der Waals surface area contributed by atoms with Gasteiger partial charge in [-0.15, -0.1) is 0 Å². The first-order valence-corrected chi connectivity index (χ1v) is 6.96. The van der Waals surface area contributed by atoms with Gasteiger partial charge in [-0.05, 0) is 39.3 Å². The number of likely N-dealkylation sites (N-methyl/N-ethyl adjacent to an activating group) is 1. The van der Waals surface area contributed by atoms with Gasteiger partial charge in [-0.1, -0.05) is 34.1 Å². The molecular weight excluding hydrogens is 196 g/mol. The van der Waals surface area contributed by atoms with E-state index in [0.29, 0.717) is 18.0 Å². The molecule has 98 valence electrons. The van der Waals surface area contributed by atoms with Crippen molar-refractivity contribution in [2.45, 2.75) is 66.0 Å². The zero-order chi connectivity index (χ0) is 12.6. The summed E-state index contributed by atoms with van der Waals surface area (Å²) in [5.74, 6) is 0.711. The average molecular weight is 228 g/mol. The molecule has 0 heterocycles. The first-order valence-electron chi connectivity index (χ1n) is 6.96. The van der Waals surface area contributed by atoms with Crippen LogP contribution >= 0.6 is 0 Å². The topological polar surface area (TPSA) is 15.3 Å². The molecule has 16 heavy (non-hydrogen) atoms. The van der Waals surface area contributed by atoms with Crippen LogP contribution in [0.3, 0.4) is 0 Å². The van der Waals surface area contributed by atoms with Crippen molar-refractivity contribution in [1.82, 2.24) is 10.2 Å². The summed E-state index contributed by atoms with van der Waals surface area (Å²) < 4.78 is 0. The van der Waals surface area contributed by atoms with Gasteiger partial charge in [-0.25, -0.2) is 0 Å². The highest BCUT2D eigenvalue weighted by atomic mass is 15.1. The summed E-state index contributed by atoms with van der Waals surface area (Å²) in [6.45, 7) is 13.8. The van der Waals surface area contributed by atoms with Gasteiger partial charge in [0.15, 0.2) is 0 Å². The summed E-state index contributed by atoms with van der Waals surface area (Å²) in [6, 6.07) is 1.33. The van der Waals surface area contributed by atoms with Crippen molar-refractivity contribution in [1.29, 1.82) is 0 Å². The number of hydrogen-bond donors (Lipinski definition) is 1. The number of rotatable bonds is 9. The number of nitrogens with one attached hydrogen (secondary N) is 1. The molecule has 1 N–H and O–H groups in total.